The van der Waals surface area contributed by atoms with Crippen molar-refractivity contribution >= 4 is 23.2 Å². The van der Waals surface area contributed by atoms with E-state index in [1.54, 1.807) is 17.9 Å². The van der Waals surface area contributed by atoms with Crippen LogP contribution in [0, 0.1) is 10.1 Å². The van der Waals surface area contributed by atoms with Crippen LogP contribution in [0.1, 0.15) is 16.1 Å². The second-order valence-electron chi connectivity index (χ2n) is 4.23. The van der Waals surface area contributed by atoms with Crippen molar-refractivity contribution in [3.8, 4) is 0 Å². The monoisotopic (exact) mass is 309 g/mol. The predicted molar refractivity (Wildman–Crippen MR) is 75.1 cm³/mol. The third kappa shape index (κ3) is 3.54. The maximum Gasteiger partial charge on any atom is 0.300 e. The van der Waals surface area contributed by atoms with Crippen LogP contribution in [0.2, 0.25) is 5.15 Å². The summed E-state index contributed by atoms with van der Waals surface area (Å²) in [5.41, 5.74) is 0.458. The van der Waals surface area contributed by atoms with E-state index >= 15 is 0 Å². The van der Waals surface area contributed by atoms with Crippen molar-refractivity contribution in [2.45, 2.75) is 6.42 Å². The lowest BCUT2D eigenvalue weighted by atomic mass is 10.2. The maximum atomic E-state index is 12.0. The molecule has 0 atom stereocenters. The van der Waals surface area contributed by atoms with Gasteiger partial charge in [-0.05, 0) is 12.1 Å². The van der Waals surface area contributed by atoms with Gasteiger partial charge in [0.25, 0.3) is 11.6 Å². The molecule has 2 aromatic heterocycles. The lowest BCUT2D eigenvalue weighted by Crippen LogP contribution is -2.27. The predicted octanol–water partition coefficient (Wildman–Crippen LogP) is 1.35. The minimum Gasteiger partial charge on any atom is -0.351 e. The van der Waals surface area contributed by atoms with Gasteiger partial charge in [0.2, 0.25) is 0 Å². The number of nitro groups is 1. The fourth-order valence-corrected chi connectivity index (χ4v) is 1.95. The molecule has 0 radical (unpaired) electrons. The van der Waals surface area contributed by atoms with Gasteiger partial charge in [-0.25, -0.2) is 4.98 Å². The standard InChI is InChI=1S/C12H12ClN5O3/c1-17-8(3-5-16-17)2-4-14-12(19)9-6-11(13)15-7-10(9)18(20)21/h3,5-7H,2,4H2,1H3,(H,14,19). The lowest BCUT2D eigenvalue weighted by molar-refractivity contribution is -0.385. The van der Waals surface area contributed by atoms with Crippen LogP contribution in [0.15, 0.2) is 24.5 Å². The molecule has 2 rings (SSSR count). The molecule has 1 N–H and O–H groups in total. The lowest BCUT2D eigenvalue weighted by Gasteiger charge is -2.06. The van der Waals surface area contributed by atoms with Crippen LogP contribution in [0.3, 0.4) is 0 Å². The van der Waals surface area contributed by atoms with Crippen LogP contribution in [0.4, 0.5) is 5.69 Å². The Hall–Kier alpha value is -2.48. The van der Waals surface area contributed by atoms with Gasteiger partial charge >= 0.3 is 0 Å². The normalized spacial score (nSPS) is 10.4. The number of aromatic nitrogens is 3. The molecule has 0 fully saturated rings. The highest BCUT2D eigenvalue weighted by molar-refractivity contribution is 6.29. The Bertz CT molecular complexity index is 685. The van der Waals surface area contributed by atoms with E-state index in [1.165, 1.54) is 6.07 Å². The molecule has 2 aromatic rings. The van der Waals surface area contributed by atoms with Gasteiger partial charge in [-0.15, -0.1) is 0 Å². The van der Waals surface area contributed by atoms with Crippen molar-refractivity contribution in [2.24, 2.45) is 7.05 Å². The summed E-state index contributed by atoms with van der Waals surface area (Å²) < 4.78 is 1.69. The van der Waals surface area contributed by atoms with Crippen molar-refractivity contribution in [1.82, 2.24) is 20.1 Å². The molecule has 0 aromatic carbocycles. The third-order valence-electron chi connectivity index (χ3n) is 2.88. The summed E-state index contributed by atoms with van der Waals surface area (Å²) in [6, 6.07) is 3.01. The highest BCUT2D eigenvalue weighted by Crippen LogP contribution is 2.20. The smallest absolute Gasteiger partial charge is 0.300 e. The zero-order valence-electron chi connectivity index (χ0n) is 11.1. The first kappa shape index (κ1) is 14.9. The topological polar surface area (TPSA) is 103 Å². The highest BCUT2D eigenvalue weighted by Gasteiger charge is 2.21. The summed E-state index contributed by atoms with van der Waals surface area (Å²) in [7, 11) is 1.80. The zero-order valence-corrected chi connectivity index (χ0v) is 11.9. The summed E-state index contributed by atoms with van der Waals surface area (Å²) in [6.07, 6.45) is 3.19. The Morgan fingerprint density at radius 2 is 2.33 bits per heavy atom. The maximum absolute atomic E-state index is 12.0. The van der Waals surface area contributed by atoms with Crippen LogP contribution in [0.25, 0.3) is 0 Å². The van der Waals surface area contributed by atoms with Crippen LogP contribution < -0.4 is 5.32 Å². The van der Waals surface area contributed by atoms with Crippen LogP contribution >= 0.6 is 11.6 Å². The summed E-state index contributed by atoms with van der Waals surface area (Å²) in [5, 5.41) is 17.5. The fourth-order valence-electron chi connectivity index (χ4n) is 1.80. The van der Waals surface area contributed by atoms with Crippen LogP contribution in [-0.4, -0.2) is 32.1 Å². The molecule has 0 spiro atoms. The van der Waals surface area contributed by atoms with E-state index in [1.807, 2.05) is 6.07 Å². The second-order valence-corrected chi connectivity index (χ2v) is 4.62. The van der Waals surface area contributed by atoms with Crippen molar-refractivity contribution in [1.29, 1.82) is 0 Å². The molecule has 0 saturated carbocycles. The van der Waals surface area contributed by atoms with Crippen molar-refractivity contribution in [3.63, 3.8) is 0 Å². The van der Waals surface area contributed by atoms with Gasteiger partial charge in [-0.3, -0.25) is 19.6 Å². The number of nitrogens with zero attached hydrogens (tertiary/aromatic N) is 4. The average molecular weight is 310 g/mol. The molecule has 21 heavy (non-hydrogen) atoms. The first-order valence-corrected chi connectivity index (χ1v) is 6.42. The Balaban J connectivity index is 2.05. The number of amides is 1. The number of pyridine rings is 1. The molecular formula is C12H12ClN5O3. The van der Waals surface area contributed by atoms with Crippen LogP contribution in [0.5, 0.6) is 0 Å². The number of carbonyl (C=O) groups excluding carboxylic acids is 1. The van der Waals surface area contributed by atoms with Gasteiger partial charge in [-0.2, -0.15) is 5.10 Å². The summed E-state index contributed by atoms with van der Waals surface area (Å²) in [6.45, 7) is 0.329. The van der Waals surface area contributed by atoms with E-state index < -0.39 is 10.8 Å². The van der Waals surface area contributed by atoms with E-state index in [0.29, 0.717) is 13.0 Å². The Morgan fingerprint density at radius 3 is 2.95 bits per heavy atom. The molecule has 0 saturated heterocycles. The van der Waals surface area contributed by atoms with E-state index in [4.69, 9.17) is 11.6 Å². The first-order valence-electron chi connectivity index (χ1n) is 6.04. The van der Waals surface area contributed by atoms with Gasteiger partial charge in [0.05, 0.1) is 4.92 Å². The quantitative estimate of drug-likeness (QED) is 0.510. The van der Waals surface area contributed by atoms with Gasteiger partial charge < -0.3 is 5.32 Å². The number of aryl methyl sites for hydroxylation is 1. The molecule has 110 valence electrons. The Morgan fingerprint density at radius 1 is 1.57 bits per heavy atom. The minimum absolute atomic E-state index is 0.0254. The van der Waals surface area contributed by atoms with Crippen LogP contribution in [-0.2, 0) is 13.5 Å². The van der Waals surface area contributed by atoms with Gasteiger partial charge in [0.15, 0.2) is 0 Å². The molecule has 2 heterocycles. The molecule has 0 aliphatic heterocycles. The number of rotatable bonds is 5. The molecule has 8 nitrogen and oxygen atoms in total. The first-order chi connectivity index (χ1) is 9.99. The SMILES string of the molecule is Cn1nccc1CCNC(=O)c1cc(Cl)ncc1[N+](=O)[O-]. The molecule has 0 aliphatic rings. The van der Waals surface area contributed by atoms with Gasteiger partial charge in [0, 0.05) is 31.9 Å². The molecular weight excluding hydrogens is 298 g/mol. The van der Waals surface area contributed by atoms with E-state index in [0.717, 1.165) is 11.9 Å². The number of carbonyl (C=O) groups is 1. The number of nitrogens with one attached hydrogen (secondary N) is 1. The van der Waals surface area contributed by atoms with Gasteiger partial charge in [0.1, 0.15) is 16.9 Å². The molecule has 0 unspecified atom stereocenters. The van der Waals surface area contributed by atoms with Crippen molar-refractivity contribution in [3.05, 3.63) is 51.1 Å². The Kier molecular flexibility index (Phi) is 4.49. The average Bonchev–Trinajstić information content (AvgIpc) is 2.84. The van der Waals surface area contributed by atoms with E-state index in [2.05, 4.69) is 15.4 Å². The number of hydrogen-bond acceptors (Lipinski definition) is 5. The number of hydrogen-bond donors (Lipinski definition) is 1. The zero-order chi connectivity index (χ0) is 15.4. The minimum atomic E-state index is -0.667. The van der Waals surface area contributed by atoms with E-state index in [-0.39, 0.29) is 16.4 Å². The summed E-state index contributed by atoms with van der Waals surface area (Å²) >= 11 is 5.68. The fraction of sp³-hybridized carbons (Fsp3) is 0.250. The number of halogens is 1. The van der Waals surface area contributed by atoms with Crippen molar-refractivity contribution in [2.75, 3.05) is 6.54 Å². The molecule has 1 amide bonds. The largest absolute Gasteiger partial charge is 0.351 e. The summed E-state index contributed by atoms with van der Waals surface area (Å²) in [4.78, 5) is 25.8. The van der Waals surface area contributed by atoms with E-state index in [9.17, 15) is 14.9 Å². The second kappa shape index (κ2) is 6.31. The molecule has 0 aliphatic carbocycles. The third-order valence-corrected chi connectivity index (χ3v) is 3.09. The molecule has 0 bridgehead atoms. The van der Waals surface area contributed by atoms with Gasteiger partial charge in [-0.1, -0.05) is 11.6 Å². The molecule has 9 heteroatoms. The Labute approximate surface area is 124 Å². The van der Waals surface area contributed by atoms with Crippen molar-refractivity contribution < 1.29 is 9.72 Å². The summed E-state index contributed by atoms with van der Waals surface area (Å²) in [5.74, 6) is -0.562. The highest BCUT2D eigenvalue weighted by atomic mass is 35.5.